The Balaban J connectivity index is 1.20. The molecule has 0 aliphatic carbocycles. The molecule has 3 aromatic rings. The van der Waals surface area contributed by atoms with Crippen molar-refractivity contribution >= 4 is 23.7 Å². The van der Waals surface area contributed by atoms with Crippen LogP contribution in [0.1, 0.15) is 11.3 Å². The average molecular weight is 424 g/mol. The molecule has 1 amide bonds. The van der Waals surface area contributed by atoms with Crippen LogP contribution in [-0.2, 0) is 11.3 Å². The molecule has 1 saturated heterocycles. The lowest BCUT2D eigenvalue weighted by Crippen LogP contribution is -2.49. The minimum Gasteiger partial charge on any atom is -0.467 e. The summed E-state index contributed by atoms with van der Waals surface area (Å²) in [5, 5.41) is 8.82. The number of piperazine rings is 1. The summed E-state index contributed by atoms with van der Waals surface area (Å²) in [6.07, 6.45) is 7.64. The molecule has 0 saturated carbocycles. The van der Waals surface area contributed by atoms with Crippen LogP contribution in [0.3, 0.4) is 0 Å². The van der Waals surface area contributed by atoms with Gasteiger partial charge in [-0.25, -0.2) is 0 Å². The molecule has 0 unspecified atom stereocenters. The number of carbonyl (C=O) groups is 1. The molecule has 2 aromatic heterocycles. The van der Waals surface area contributed by atoms with Crippen LogP contribution >= 0.6 is 11.8 Å². The zero-order valence-electron chi connectivity index (χ0n) is 16.8. The van der Waals surface area contributed by atoms with Crippen LogP contribution < -0.4 is 0 Å². The Morgan fingerprint density at radius 3 is 2.70 bits per heavy atom. The molecular weight excluding hydrogens is 398 g/mol. The third-order valence-corrected chi connectivity index (χ3v) is 5.98. The lowest BCUT2D eigenvalue weighted by molar-refractivity contribution is -0.130. The fraction of sp³-hybridized carbons (Fsp3) is 0.318. The second-order valence-corrected chi connectivity index (χ2v) is 8.05. The molecule has 0 atom stereocenters. The van der Waals surface area contributed by atoms with Crippen LogP contribution in [0.25, 0.3) is 6.08 Å². The van der Waals surface area contributed by atoms with E-state index in [-0.39, 0.29) is 5.91 Å². The average Bonchev–Trinajstić information content (AvgIpc) is 3.46. The van der Waals surface area contributed by atoms with Crippen molar-refractivity contribution in [3.8, 4) is 0 Å². The molecule has 0 N–H and O–H groups in total. The summed E-state index contributed by atoms with van der Waals surface area (Å²) in [5.74, 6) is 1.34. The monoisotopic (exact) mass is 423 g/mol. The molecule has 0 bridgehead atoms. The lowest BCUT2D eigenvalue weighted by Gasteiger charge is -2.34. The Morgan fingerprint density at radius 1 is 1.10 bits per heavy atom. The van der Waals surface area contributed by atoms with E-state index in [0.29, 0.717) is 12.3 Å². The topological polar surface area (TPSA) is 67.4 Å². The Bertz CT molecular complexity index is 947. The fourth-order valence-electron chi connectivity index (χ4n) is 3.33. The van der Waals surface area contributed by atoms with Crippen molar-refractivity contribution in [2.75, 3.05) is 38.5 Å². The standard InChI is InChI=1S/C22H25N5O2S/c28-21(17-30-22-24-23-18-27(22)16-20-9-5-15-29-20)26-13-11-25(12-14-26)10-4-8-19-6-2-1-3-7-19/h1-9,15,18H,10-14,16-17H2. The number of thioether (sulfide) groups is 1. The second-order valence-electron chi connectivity index (χ2n) is 7.10. The summed E-state index contributed by atoms with van der Waals surface area (Å²) in [7, 11) is 0. The maximum atomic E-state index is 12.6. The molecule has 0 spiro atoms. The number of aromatic nitrogens is 3. The third-order valence-electron chi connectivity index (χ3n) is 5.01. The molecule has 1 aliphatic heterocycles. The van der Waals surface area contributed by atoms with E-state index in [1.807, 2.05) is 39.8 Å². The molecule has 8 heteroatoms. The number of furan rings is 1. The van der Waals surface area contributed by atoms with Gasteiger partial charge >= 0.3 is 0 Å². The van der Waals surface area contributed by atoms with Gasteiger partial charge < -0.3 is 13.9 Å². The Labute approximate surface area is 180 Å². The van der Waals surface area contributed by atoms with Gasteiger partial charge in [-0.2, -0.15) is 0 Å². The van der Waals surface area contributed by atoms with E-state index in [2.05, 4.69) is 39.4 Å². The van der Waals surface area contributed by atoms with Gasteiger partial charge in [-0.1, -0.05) is 54.2 Å². The number of benzene rings is 1. The van der Waals surface area contributed by atoms with Crippen LogP contribution in [0.15, 0.2) is 70.7 Å². The molecule has 4 rings (SSSR count). The summed E-state index contributed by atoms with van der Waals surface area (Å²) in [6, 6.07) is 14.1. The van der Waals surface area contributed by atoms with Gasteiger partial charge in [0.25, 0.3) is 0 Å². The summed E-state index contributed by atoms with van der Waals surface area (Å²) >= 11 is 1.42. The van der Waals surface area contributed by atoms with Crippen molar-refractivity contribution in [3.05, 3.63) is 72.5 Å². The SMILES string of the molecule is O=C(CSc1nncn1Cc1ccco1)N1CCN(CC=Cc2ccccc2)CC1. The van der Waals surface area contributed by atoms with Crippen LogP contribution in [-0.4, -0.2) is 68.9 Å². The van der Waals surface area contributed by atoms with E-state index >= 15 is 0 Å². The molecule has 1 aromatic carbocycles. The molecule has 1 fully saturated rings. The minimum absolute atomic E-state index is 0.145. The Kier molecular flexibility index (Phi) is 6.99. The zero-order chi connectivity index (χ0) is 20.6. The van der Waals surface area contributed by atoms with Crippen LogP contribution in [0.2, 0.25) is 0 Å². The smallest absolute Gasteiger partial charge is 0.233 e. The largest absolute Gasteiger partial charge is 0.467 e. The molecule has 30 heavy (non-hydrogen) atoms. The van der Waals surface area contributed by atoms with Gasteiger partial charge in [-0.05, 0) is 17.7 Å². The van der Waals surface area contributed by atoms with E-state index in [0.717, 1.165) is 43.6 Å². The predicted octanol–water partition coefficient (Wildman–Crippen LogP) is 2.87. The summed E-state index contributed by atoms with van der Waals surface area (Å²) < 4.78 is 7.27. The Hall–Kier alpha value is -2.84. The first-order valence-corrected chi connectivity index (χ1v) is 11.0. The van der Waals surface area contributed by atoms with Crippen molar-refractivity contribution in [1.29, 1.82) is 0 Å². The summed E-state index contributed by atoms with van der Waals surface area (Å²) in [6.45, 7) is 4.77. The number of carbonyl (C=O) groups excluding carboxylic acids is 1. The lowest BCUT2D eigenvalue weighted by atomic mass is 10.2. The van der Waals surface area contributed by atoms with Crippen molar-refractivity contribution in [1.82, 2.24) is 24.6 Å². The van der Waals surface area contributed by atoms with Crippen molar-refractivity contribution in [3.63, 3.8) is 0 Å². The highest BCUT2D eigenvalue weighted by Crippen LogP contribution is 2.17. The highest BCUT2D eigenvalue weighted by molar-refractivity contribution is 7.99. The number of amides is 1. The van der Waals surface area contributed by atoms with Gasteiger partial charge in [0.1, 0.15) is 12.1 Å². The third kappa shape index (κ3) is 5.61. The summed E-state index contributed by atoms with van der Waals surface area (Å²) in [4.78, 5) is 16.9. The molecule has 1 aliphatic rings. The van der Waals surface area contributed by atoms with Gasteiger partial charge in [-0.3, -0.25) is 9.69 Å². The molecule has 7 nitrogen and oxygen atoms in total. The first-order valence-electron chi connectivity index (χ1n) is 10.0. The quantitative estimate of drug-likeness (QED) is 0.519. The highest BCUT2D eigenvalue weighted by atomic mass is 32.2. The Morgan fingerprint density at radius 2 is 1.93 bits per heavy atom. The normalized spacial score (nSPS) is 15.1. The number of hydrogen-bond acceptors (Lipinski definition) is 6. The van der Waals surface area contributed by atoms with E-state index < -0.39 is 0 Å². The van der Waals surface area contributed by atoms with Gasteiger partial charge in [0, 0.05) is 32.7 Å². The van der Waals surface area contributed by atoms with Gasteiger partial charge in [0.15, 0.2) is 5.16 Å². The molecule has 3 heterocycles. The van der Waals surface area contributed by atoms with Gasteiger partial charge in [0.05, 0.1) is 18.6 Å². The first-order chi connectivity index (χ1) is 14.8. The fourth-order valence-corrected chi connectivity index (χ4v) is 4.15. The van der Waals surface area contributed by atoms with E-state index in [9.17, 15) is 4.79 Å². The molecule has 0 radical (unpaired) electrons. The van der Waals surface area contributed by atoms with Crippen LogP contribution in [0.5, 0.6) is 0 Å². The van der Waals surface area contributed by atoms with Gasteiger partial charge in [0.2, 0.25) is 5.91 Å². The second kappa shape index (κ2) is 10.3. The number of hydrogen-bond donors (Lipinski definition) is 0. The van der Waals surface area contributed by atoms with E-state index in [1.165, 1.54) is 17.3 Å². The maximum absolute atomic E-state index is 12.6. The van der Waals surface area contributed by atoms with E-state index in [4.69, 9.17) is 4.42 Å². The number of rotatable bonds is 8. The van der Waals surface area contributed by atoms with Crippen molar-refractivity contribution in [2.24, 2.45) is 0 Å². The maximum Gasteiger partial charge on any atom is 0.233 e. The molecule has 156 valence electrons. The number of nitrogens with zero attached hydrogens (tertiary/aromatic N) is 5. The zero-order valence-corrected chi connectivity index (χ0v) is 17.6. The first kappa shape index (κ1) is 20.4. The van der Waals surface area contributed by atoms with Crippen molar-refractivity contribution in [2.45, 2.75) is 11.7 Å². The van der Waals surface area contributed by atoms with Crippen LogP contribution in [0.4, 0.5) is 0 Å². The highest BCUT2D eigenvalue weighted by Gasteiger charge is 2.21. The van der Waals surface area contributed by atoms with Crippen molar-refractivity contribution < 1.29 is 9.21 Å². The minimum atomic E-state index is 0.145. The van der Waals surface area contributed by atoms with Crippen LogP contribution in [0, 0.1) is 0 Å². The predicted molar refractivity (Wildman–Crippen MR) is 117 cm³/mol. The van der Waals surface area contributed by atoms with Gasteiger partial charge in [-0.15, -0.1) is 10.2 Å². The summed E-state index contributed by atoms with van der Waals surface area (Å²) in [5.41, 5.74) is 1.21. The molecular formula is C22H25N5O2S. The van der Waals surface area contributed by atoms with E-state index in [1.54, 1.807) is 12.6 Å².